The predicted octanol–water partition coefficient (Wildman–Crippen LogP) is 6.07. The highest BCUT2D eigenvalue weighted by Crippen LogP contribution is 2.34. The van der Waals surface area contributed by atoms with E-state index in [4.69, 9.17) is 34.8 Å². The molecule has 1 N–H and O–H groups in total. The molecular formula is C16H14Cl3NOS. The highest BCUT2D eigenvalue weighted by Gasteiger charge is 2.17. The number of benzene rings is 2. The molecule has 0 saturated carbocycles. The molecule has 0 bridgehead atoms. The Hall–Kier alpha value is -0.870. The van der Waals surface area contributed by atoms with Gasteiger partial charge in [-0.2, -0.15) is 0 Å². The third-order valence-corrected chi connectivity index (χ3v) is 4.88. The van der Waals surface area contributed by atoms with Gasteiger partial charge in [-0.3, -0.25) is 4.79 Å². The van der Waals surface area contributed by atoms with E-state index in [9.17, 15) is 4.79 Å². The summed E-state index contributed by atoms with van der Waals surface area (Å²) in [5, 5.41) is 3.53. The zero-order valence-electron chi connectivity index (χ0n) is 12.0. The summed E-state index contributed by atoms with van der Waals surface area (Å²) in [6.07, 6.45) is 0. The summed E-state index contributed by atoms with van der Waals surface area (Å²) in [6, 6.07) is 11.1. The molecule has 0 aliphatic rings. The Morgan fingerprint density at radius 2 is 1.64 bits per heavy atom. The van der Waals surface area contributed by atoms with Crippen molar-refractivity contribution in [3.63, 3.8) is 0 Å². The number of carbonyl (C=O) groups excluding carboxylic acids is 1. The Bertz CT molecular complexity index is 665. The van der Waals surface area contributed by atoms with Crippen molar-refractivity contribution in [2.45, 2.75) is 24.0 Å². The molecule has 0 fully saturated rings. The van der Waals surface area contributed by atoms with Gasteiger partial charge in [0.2, 0.25) is 5.91 Å². The molecule has 0 spiro atoms. The third-order valence-electron chi connectivity index (χ3n) is 2.96. The fourth-order valence-corrected chi connectivity index (χ4v) is 3.54. The van der Waals surface area contributed by atoms with Crippen LogP contribution in [0.3, 0.4) is 0 Å². The summed E-state index contributed by atoms with van der Waals surface area (Å²) in [4.78, 5) is 13.3. The molecule has 0 radical (unpaired) electrons. The molecule has 2 nitrogen and oxygen atoms in total. The minimum Gasteiger partial charge on any atom is -0.323 e. The number of carbonyl (C=O) groups is 1. The molecule has 116 valence electrons. The van der Waals surface area contributed by atoms with Gasteiger partial charge < -0.3 is 5.32 Å². The van der Waals surface area contributed by atoms with Crippen LogP contribution in [0.5, 0.6) is 0 Å². The number of hydrogen-bond acceptors (Lipinski definition) is 2. The SMILES string of the molecule is Cc1ccc(SC(C)C(=O)Nc2c(Cl)cc(Cl)cc2Cl)cc1. The van der Waals surface area contributed by atoms with Crippen LogP contribution in [0.1, 0.15) is 12.5 Å². The number of rotatable bonds is 4. The summed E-state index contributed by atoms with van der Waals surface area (Å²) in [5.74, 6) is -0.170. The zero-order chi connectivity index (χ0) is 16.3. The number of aryl methyl sites for hydroxylation is 1. The molecule has 0 aromatic heterocycles. The molecule has 2 aromatic carbocycles. The Morgan fingerprint density at radius 3 is 2.18 bits per heavy atom. The average molecular weight is 375 g/mol. The Kier molecular flexibility index (Phi) is 6.04. The topological polar surface area (TPSA) is 29.1 Å². The van der Waals surface area contributed by atoms with Gasteiger partial charge in [0.15, 0.2) is 0 Å². The maximum absolute atomic E-state index is 12.3. The summed E-state index contributed by atoms with van der Waals surface area (Å²) < 4.78 is 0. The van der Waals surface area contributed by atoms with Gasteiger partial charge in [0.1, 0.15) is 0 Å². The van der Waals surface area contributed by atoms with E-state index in [-0.39, 0.29) is 11.2 Å². The van der Waals surface area contributed by atoms with Gasteiger partial charge in [-0.25, -0.2) is 0 Å². The Labute approximate surface area is 149 Å². The lowest BCUT2D eigenvalue weighted by atomic mass is 10.2. The van der Waals surface area contributed by atoms with Gasteiger partial charge in [0.05, 0.1) is 21.0 Å². The van der Waals surface area contributed by atoms with Crippen LogP contribution in [-0.2, 0) is 4.79 Å². The Morgan fingerprint density at radius 1 is 1.09 bits per heavy atom. The number of nitrogens with one attached hydrogen (secondary N) is 1. The summed E-state index contributed by atoms with van der Waals surface area (Å²) in [7, 11) is 0. The molecule has 22 heavy (non-hydrogen) atoms. The normalized spacial score (nSPS) is 12.0. The van der Waals surface area contributed by atoms with E-state index < -0.39 is 0 Å². The molecule has 6 heteroatoms. The van der Waals surface area contributed by atoms with E-state index in [1.807, 2.05) is 38.1 Å². The smallest absolute Gasteiger partial charge is 0.237 e. The number of hydrogen-bond donors (Lipinski definition) is 1. The molecule has 1 amide bonds. The highest BCUT2D eigenvalue weighted by molar-refractivity contribution is 8.00. The van der Waals surface area contributed by atoms with Crippen molar-refractivity contribution in [1.29, 1.82) is 0 Å². The number of halogens is 3. The number of amides is 1. The van der Waals surface area contributed by atoms with Crippen LogP contribution in [0.4, 0.5) is 5.69 Å². The minimum absolute atomic E-state index is 0.170. The molecule has 1 atom stereocenters. The van der Waals surface area contributed by atoms with Crippen molar-refractivity contribution < 1.29 is 4.79 Å². The largest absolute Gasteiger partial charge is 0.323 e. The van der Waals surface area contributed by atoms with Crippen molar-refractivity contribution in [1.82, 2.24) is 0 Å². The predicted molar refractivity (Wildman–Crippen MR) is 96.6 cm³/mol. The maximum Gasteiger partial charge on any atom is 0.237 e. The van der Waals surface area contributed by atoms with Crippen molar-refractivity contribution in [2.75, 3.05) is 5.32 Å². The van der Waals surface area contributed by atoms with E-state index in [1.165, 1.54) is 17.3 Å². The third kappa shape index (κ3) is 4.56. The molecule has 0 saturated heterocycles. The highest BCUT2D eigenvalue weighted by atomic mass is 35.5. The summed E-state index contributed by atoms with van der Waals surface area (Å²) >= 11 is 19.5. The Balaban J connectivity index is 2.07. The van der Waals surface area contributed by atoms with Gasteiger partial charge >= 0.3 is 0 Å². The quantitative estimate of drug-likeness (QED) is 0.658. The average Bonchev–Trinajstić information content (AvgIpc) is 2.45. The number of anilines is 1. The molecule has 0 aliphatic heterocycles. The van der Waals surface area contributed by atoms with E-state index in [0.717, 1.165) is 4.90 Å². The second-order valence-corrected chi connectivity index (χ2v) is 7.47. The van der Waals surface area contributed by atoms with Gasteiger partial charge in [0, 0.05) is 9.92 Å². The maximum atomic E-state index is 12.3. The first kappa shape index (κ1) is 17.5. The standard InChI is InChI=1S/C16H14Cl3NOS/c1-9-3-5-12(6-4-9)22-10(2)16(21)20-15-13(18)7-11(17)8-14(15)19/h3-8,10H,1-2H3,(H,20,21). The molecule has 1 unspecified atom stereocenters. The minimum atomic E-state index is -0.287. The van der Waals surface area contributed by atoms with Gasteiger partial charge in [-0.15, -0.1) is 11.8 Å². The summed E-state index contributed by atoms with van der Waals surface area (Å²) in [5.41, 5.74) is 1.57. The zero-order valence-corrected chi connectivity index (χ0v) is 15.1. The van der Waals surface area contributed by atoms with Crippen molar-refractivity contribution in [3.8, 4) is 0 Å². The lowest BCUT2D eigenvalue weighted by Crippen LogP contribution is -2.22. The van der Waals surface area contributed by atoms with Gasteiger partial charge in [-0.1, -0.05) is 52.5 Å². The van der Waals surface area contributed by atoms with Crippen LogP contribution in [0.25, 0.3) is 0 Å². The first-order valence-electron chi connectivity index (χ1n) is 6.55. The van der Waals surface area contributed by atoms with Crippen LogP contribution in [0.15, 0.2) is 41.3 Å². The van der Waals surface area contributed by atoms with Crippen LogP contribution in [0.2, 0.25) is 15.1 Å². The second kappa shape index (κ2) is 7.60. The van der Waals surface area contributed by atoms with Crippen LogP contribution < -0.4 is 5.32 Å². The molecular weight excluding hydrogens is 361 g/mol. The number of thioether (sulfide) groups is 1. The fourth-order valence-electron chi connectivity index (χ4n) is 1.76. The van der Waals surface area contributed by atoms with E-state index in [0.29, 0.717) is 20.8 Å². The lowest BCUT2D eigenvalue weighted by Gasteiger charge is -2.14. The van der Waals surface area contributed by atoms with E-state index in [1.54, 1.807) is 12.1 Å². The van der Waals surface area contributed by atoms with Gasteiger partial charge in [0.25, 0.3) is 0 Å². The first-order valence-corrected chi connectivity index (χ1v) is 8.57. The van der Waals surface area contributed by atoms with Gasteiger partial charge in [-0.05, 0) is 38.1 Å². The monoisotopic (exact) mass is 373 g/mol. The van der Waals surface area contributed by atoms with Crippen molar-refractivity contribution in [3.05, 3.63) is 57.0 Å². The van der Waals surface area contributed by atoms with Crippen LogP contribution in [0, 0.1) is 6.92 Å². The van der Waals surface area contributed by atoms with Crippen molar-refractivity contribution >= 4 is 58.2 Å². The van der Waals surface area contributed by atoms with Crippen molar-refractivity contribution in [2.24, 2.45) is 0 Å². The molecule has 2 rings (SSSR count). The molecule has 2 aromatic rings. The van der Waals surface area contributed by atoms with Crippen LogP contribution in [-0.4, -0.2) is 11.2 Å². The first-order chi connectivity index (χ1) is 10.4. The fraction of sp³-hybridized carbons (Fsp3) is 0.188. The molecule has 0 aliphatic carbocycles. The van der Waals surface area contributed by atoms with E-state index >= 15 is 0 Å². The van der Waals surface area contributed by atoms with E-state index in [2.05, 4.69) is 5.32 Å². The van der Waals surface area contributed by atoms with Crippen LogP contribution >= 0.6 is 46.6 Å². The second-order valence-electron chi connectivity index (χ2n) is 4.81. The summed E-state index contributed by atoms with van der Waals surface area (Å²) in [6.45, 7) is 3.85. The lowest BCUT2D eigenvalue weighted by molar-refractivity contribution is -0.115. The molecule has 0 heterocycles.